The second-order valence-corrected chi connectivity index (χ2v) is 4.60. The molecule has 1 aromatic heterocycles. The van der Waals surface area contributed by atoms with Gasteiger partial charge in [-0.2, -0.15) is 5.10 Å². The van der Waals surface area contributed by atoms with Gasteiger partial charge in [-0.15, -0.1) is 0 Å². The van der Waals surface area contributed by atoms with Crippen molar-refractivity contribution in [1.29, 1.82) is 0 Å². The van der Waals surface area contributed by atoms with Crippen molar-refractivity contribution in [3.8, 4) is 0 Å². The first-order valence-corrected chi connectivity index (χ1v) is 6.03. The van der Waals surface area contributed by atoms with Crippen LogP contribution in [0.3, 0.4) is 0 Å². The third-order valence-corrected chi connectivity index (χ3v) is 2.88. The van der Waals surface area contributed by atoms with Crippen LogP contribution in [0.15, 0.2) is 6.33 Å². The number of hydrogen-bond acceptors (Lipinski definition) is 5. The maximum Gasteiger partial charge on any atom is 0.243 e. The summed E-state index contributed by atoms with van der Waals surface area (Å²) in [6, 6.07) is -0.105. The molecule has 2 heterocycles. The molecule has 1 atom stereocenters. The summed E-state index contributed by atoms with van der Waals surface area (Å²) in [5.74, 6) is 0.319. The number of nitrogens with zero attached hydrogens (tertiary/aromatic N) is 3. The highest BCUT2D eigenvalue weighted by Crippen LogP contribution is 2.08. The first-order chi connectivity index (χ1) is 8.58. The number of piperidine rings is 1. The molecule has 0 bridgehead atoms. The molecule has 2 N–H and O–H groups in total. The zero-order chi connectivity index (χ0) is 13.1. The summed E-state index contributed by atoms with van der Waals surface area (Å²) in [6.07, 6.45) is 2.41. The van der Waals surface area contributed by atoms with Gasteiger partial charge in [0.25, 0.3) is 0 Å². The van der Waals surface area contributed by atoms with Gasteiger partial charge in [-0.3, -0.25) is 20.2 Å². The van der Waals surface area contributed by atoms with Crippen LogP contribution in [-0.2, 0) is 16.1 Å². The Balaban J connectivity index is 1.93. The van der Waals surface area contributed by atoms with Gasteiger partial charge in [0.05, 0.1) is 12.6 Å². The van der Waals surface area contributed by atoms with E-state index in [1.807, 2.05) is 13.8 Å². The van der Waals surface area contributed by atoms with E-state index >= 15 is 0 Å². The zero-order valence-corrected chi connectivity index (χ0v) is 10.5. The number of carbonyl (C=O) groups excluding carboxylic acids is 2. The van der Waals surface area contributed by atoms with Crippen LogP contribution in [0.25, 0.3) is 0 Å². The average molecular weight is 251 g/mol. The summed E-state index contributed by atoms with van der Waals surface area (Å²) < 4.78 is 1.80. The predicted molar refractivity (Wildman–Crippen MR) is 63.4 cm³/mol. The molecule has 0 spiro atoms. The van der Waals surface area contributed by atoms with E-state index in [9.17, 15) is 9.59 Å². The number of imide groups is 1. The molecular formula is C11H17N5O2. The number of amides is 2. The molecule has 1 aliphatic rings. The van der Waals surface area contributed by atoms with Gasteiger partial charge in [0.2, 0.25) is 11.8 Å². The van der Waals surface area contributed by atoms with Gasteiger partial charge in [-0.1, -0.05) is 0 Å². The fourth-order valence-electron chi connectivity index (χ4n) is 1.93. The van der Waals surface area contributed by atoms with Crippen molar-refractivity contribution in [2.75, 3.05) is 0 Å². The molecule has 1 aromatic rings. The molecule has 98 valence electrons. The molecule has 0 aliphatic carbocycles. The lowest BCUT2D eigenvalue weighted by Gasteiger charge is -2.21. The lowest BCUT2D eigenvalue weighted by atomic mass is 10.1. The predicted octanol–water partition coefficient (Wildman–Crippen LogP) is -0.246. The van der Waals surface area contributed by atoms with Crippen LogP contribution in [0.5, 0.6) is 0 Å². The van der Waals surface area contributed by atoms with Crippen LogP contribution in [0.4, 0.5) is 0 Å². The maximum absolute atomic E-state index is 11.5. The quantitative estimate of drug-likeness (QED) is 0.721. The van der Waals surface area contributed by atoms with E-state index < -0.39 is 0 Å². The summed E-state index contributed by atoms with van der Waals surface area (Å²) in [4.78, 5) is 26.7. The van der Waals surface area contributed by atoms with Gasteiger partial charge >= 0.3 is 0 Å². The lowest BCUT2D eigenvalue weighted by Crippen LogP contribution is -2.50. The Morgan fingerprint density at radius 3 is 3.00 bits per heavy atom. The second kappa shape index (κ2) is 5.26. The Hall–Kier alpha value is -1.76. The van der Waals surface area contributed by atoms with Crippen LogP contribution in [-0.4, -0.2) is 32.6 Å². The molecule has 18 heavy (non-hydrogen) atoms. The molecular weight excluding hydrogens is 234 g/mol. The average Bonchev–Trinajstić information content (AvgIpc) is 2.76. The van der Waals surface area contributed by atoms with Crippen molar-refractivity contribution in [3.63, 3.8) is 0 Å². The minimum atomic E-state index is -0.333. The first-order valence-electron chi connectivity index (χ1n) is 6.03. The Bertz CT molecular complexity index is 454. The van der Waals surface area contributed by atoms with E-state index in [1.165, 1.54) is 6.33 Å². The summed E-state index contributed by atoms with van der Waals surface area (Å²) in [5.41, 5.74) is 0. The minimum absolute atomic E-state index is 0.205. The summed E-state index contributed by atoms with van der Waals surface area (Å²) in [6.45, 7) is 4.50. The van der Waals surface area contributed by atoms with Crippen molar-refractivity contribution in [1.82, 2.24) is 25.4 Å². The minimum Gasteiger partial charge on any atom is -0.299 e. The van der Waals surface area contributed by atoms with E-state index in [-0.39, 0.29) is 23.9 Å². The number of hydrogen-bond donors (Lipinski definition) is 2. The molecule has 0 saturated carbocycles. The Kier molecular flexibility index (Phi) is 3.71. The summed E-state index contributed by atoms with van der Waals surface area (Å²) >= 11 is 0. The largest absolute Gasteiger partial charge is 0.299 e. The molecule has 2 rings (SSSR count). The van der Waals surface area contributed by atoms with Gasteiger partial charge in [-0.05, 0) is 20.3 Å². The van der Waals surface area contributed by atoms with Crippen LogP contribution >= 0.6 is 0 Å². The van der Waals surface area contributed by atoms with E-state index in [2.05, 4.69) is 20.7 Å². The van der Waals surface area contributed by atoms with Crippen molar-refractivity contribution >= 4 is 11.8 Å². The van der Waals surface area contributed by atoms with E-state index in [0.29, 0.717) is 19.4 Å². The number of rotatable bonds is 4. The number of nitrogens with one attached hydrogen (secondary N) is 2. The highest BCUT2D eigenvalue weighted by atomic mass is 16.2. The Labute approximate surface area is 105 Å². The van der Waals surface area contributed by atoms with Crippen molar-refractivity contribution in [3.05, 3.63) is 12.2 Å². The molecule has 2 amide bonds. The monoisotopic (exact) mass is 251 g/mol. The number of aromatic nitrogens is 3. The summed E-state index contributed by atoms with van der Waals surface area (Å²) in [5, 5.41) is 9.54. The molecule has 1 saturated heterocycles. The third-order valence-electron chi connectivity index (χ3n) is 2.88. The molecule has 7 heteroatoms. The Morgan fingerprint density at radius 1 is 1.56 bits per heavy atom. The van der Waals surface area contributed by atoms with Crippen LogP contribution < -0.4 is 10.6 Å². The normalized spacial score (nSPS) is 20.3. The third kappa shape index (κ3) is 2.73. The van der Waals surface area contributed by atoms with Gasteiger partial charge in [0.15, 0.2) is 0 Å². The number of carbonyl (C=O) groups is 2. The molecule has 1 unspecified atom stereocenters. The van der Waals surface area contributed by atoms with Gasteiger partial charge < -0.3 is 0 Å². The second-order valence-electron chi connectivity index (χ2n) is 4.60. The standard InChI is InChI=1S/C11H17N5O2/c1-7(2)16-9(13-6-14-16)5-12-8-3-4-10(17)15-11(8)18/h6-8,12H,3-5H2,1-2H3,(H,15,17,18). The fraction of sp³-hybridized carbons (Fsp3) is 0.636. The van der Waals surface area contributed by atoms with E-state index in [4.69, 9.17) is 0 Å². The molecule has 1 fully saturated rings. The lowest BCUT2D eigenvalue weighted by molar-refractivity contribution is -0.134. The maximum atomic E-state index is 11.5. The van der Waals surface area contributed by atoms with Crippen molar-refractivity contribution in [2.45, 2.75) is 45.3 Å². The zero-order valence-electron chi connectivity index (χ0n) is 10.5. The molecule has 0 radical (unpaired) electrons. The van der Waals surface area contributed by atoms with Gasteiger partial charge in [0.1, 0.15) is 12.2 Å². The highest BCUT2D eigenvalue weighted by Gasteiger charge is 2.26. The molecule has 1 aliphatic heterocycles. The van der Waals surface area contributed by atoms with Crippen LogP contribution in [0.2, 0.25) is 0 Å². The topological polar surface area (TPSA) is 88.9 Å². The SMILES string of the molecule is CC(C)n1ncnc1CNC1CCC(=O)NC1=O. The van der Waals surface area contributed by atoms with Crippen molar-refractivity contribution in [2.24, 2.45) is 0 Å². The van der Waals surface area contributed by atoms with Crippen LogP contribution in [0, 0.1) is 0 Å². The molecule has 7 nitrogen and oxygen atoms in total. The van der Waals surface area contributed by atoms with Crippen molar-refractivity contribution < 1.29 is 9.59 Å². The first kappa shape index (κ1) is 12.7. The molecule has 0 aromatic carbocycles. The highest BCUT2D eigenvalue weighted by molar-refractivity contribution is 6.00. The van der Waals surface area contributed by atoms with Crippen LogP contribution in [0.1, 0.15) is 38.6 Å². The van der Waals surface area contributed by atoms with E-state index in [0.717, 1.165) is 5.82 Å². The summed E-state index contributed by atoms with van der Waals surface area (Å²) in [7, 11) is 0. The fourth-order valence-corrected chi connectivity index (χ4v) is 1.93. The van der Waals surface area contributed by atoms with Gasteiger partial charge in [0, 0.05) is 12.5 Å². The van der Waals surface area contributed by atoms with Gasteiger partial charge in [-0.25, -0.2) is 9.67 Å². The smallest absolute Gasteiger partial charge is 0.243 e. The van der Waals surface area contributed by atoms with E-state index in [1.54, 1.807) is 4.68 Å². The Morgan fingerprint density at radius 2 is 2.33 bits per heavy atom.